The fraction of sp³-hybridized carbons (Fsp3) is 0.875. The van der Waals surface area contributed by atoms with Gasteiger partial charge in [-0.2, -0.15) is 5.26 Å². The minimum Gasteiger partial charge on any atom is -0.383 e. The van der Waals surface area contributed by atoms with E-state index in [1.54, 1.807) is 7.11 Å². The van der Waals surface area contributed by atoms with Crippen LogP contribution in [0.5, 0.6) is 0 Å². The van der Waals surface area contributed by atoms with Crippen LogP contribution in [-0.4, -0.2) is 38.3 Å². The van der Waals surface area contributed by atoms with Crippen LogP contribution >= 0.6 is 0 Å². The van der Waals surface area contributed by atoms with Crippen LogP contribution in [0.2, 0.25) is 0 Å². The second-order valence-electron chi connectivity index (χ2n) is 2.69. The van der Waals surface area contributed by atoms with Crippen LogP contribution in [0, 0.1) is 11.3 Å². The molecule has 0 aliphatic rings. The molecule has 0 spiro atoms. The topological polar surface area (TPSA) is 36.3 Å². The first-order valence-electron chi connectivity index (χ1n) is 3.78. The average Bonchev–Trinajstić information content (AvgIpc) is 2.00. The maximum Gasteiger partial charge on any atom is 0.0635 e. The lowest BCUT2D eigenvalue weighted by Crippen LogP contribution is -2.33. The highest BCUT2D eigenvalue weighted by molar-refractivity contribution is 4.73. The standard InChI is InChI=1S/C8H16N2O/c1-8(7-11-3)10(2)6-4-5-9/h8H,4,6-7H2,1-3H3. The molecule has 0 aliphatic carbocycles. The minimum absolute atomic E-state index is 0.397. The number of rotatable bonds is 5. The number of ether oxygens (including phenoxy) is 1. The lowest BCUT2D eigenvalue weighted by Gasteiger charge is -2.22. The van der Waals surface area contributed by atoms with E-state index in [-0.39, 0.29) is 0 Å². The summed E-state index contributed by atoms with van der Waals surface area (Å²) in [6.07, 6.45) is 0.588. The van der Waals surface area contributed by atoms with Crippen molar-refractivity contribution in [2.24, 2.45) is 0 Å². The zero-order chi connectivity index (χ0) is 8.69. The van der Waals surface area contributed by atoms with Gasteiger partial charge in [0.15, 0.2) is 0 Å². The van der Waals surface area contributed by atoms with Crippen LogP contribution in [0.15, 0.2) is 0 Å². The molecule has 11 heavy (non-hydrogen) atoms. The van der Waals surface area contributed by atoms with Crippen molar-refractivity contribution in [1.82, 2.24) is 4.90 Å². The smallest absolute Gasteiger partial charge is 0.0635 e. The molecule has 0 fully saturated rings. The molecule has 0 rings (SSSR count). The van der Waals surface area contributed by atoms with E-state index in [0.29, 0.717) is 12.5 Å². The van der Waals surface area contributed by atoms with Gasteiger partial charge in [-0.25, -0.2) is 0 Å². The molecule has 1 atom stereocenters. The second kappa shape index (κ2) is 6.14. The molecular weight excluding hydrogens is 140 g/mol. The predicted molar refractivity (Wildman–Crippen MR) is 44.2 cm³/mol. The van der Waals surface area contributed by atoms with Gasteiger partial charge in [0.1, 0.15) is 0 Å². The van der Waals surface area contributed by atoms with E-state index in [2.05, 4.69) is 17.9 Å². The molecule has 0 heterocycles. The van der Waals surface area contributed by atoms with Crippen molar-refractivity contribution in [2.75, 3.05) is 27.3 Å². The zero-order valence-electron chi connectivity index (χ0n) is 7.50. The molecule has 64 valence electrons. The summed E-state index contributed by atoms with van der Waals surface area (Å²) in [6, 6.07) is 2.51. The van der Waals surface area contributed by atoms with Crippen molar-refractivity contribution in [3.05, 3.63) is 0 Å². The van der Waals surface area contributed by atoms with Gasteiger partial charge in [-0.1, -0.05) is 0 Å². The fourth-order valence-electron chi connectivity index (χ4n) is 0.815. The van der Waals surface area contributed by atoms with Crippen molar-refractivity contribution in [3.63, 3.8) is 0 Å². The molecule has 0 aromatic heterocycles. The molecule has 0 saturated heterocycles. The maximum absolute atomic E-state index is 8.32. The molecule has 0 aromatic rings. The quantitative estimate of drug-likeness (QED) is 0.592. The highest BCUT2D eigenvalue weighted by Gasteiger charge is 2.06. The number of methoxy groups -OCH3 is 1. The van der Waals surface area contributed by atoms with E-state index in [0.717, 1.165) is 13.2 Å². The van der Waals surface area contributed by atoms with Crippen LogP contribution in [-0.2, 0) is 4.74 Å². The summed E-state index contributed by atoms with van der Waals surface area (Å²) < 4.78 is 4.98. The Morgan fingerprint density at radius 2 is 2.27 bits per heavy atom. The summed E-state index contributed by atoms with van der Waals surface area (Å²) in [5.41, 5.74) is 0. The summed E-state index contributed by atoms with van der Waals surface area (Å²) >= 11 is 0. The molecule has 0 aromatic carbocycles. The van der Waals surface area contributed by atoms with Crippen LogP contribution in [0.25, 0.3) is 0 Å². The Kier molecular flexibility index (Phi) is 5.81. The largest absolute Gasteiger partial charge is 0.383 e. The maximum atomic E-state index is 8.32. The molecule has 0 N–H and O–H groups in total. The van der Waals surface area contributed by atoms with E-state index >= 15 is 0 Å². The first-order valence-corrected chi connectivity index (χ1v) is 3.78. The van der Waals surface area contributed by atoms with Crippen LogP contribution < -0.4 is 0 Å². The summed E-state index contributed by atoms with van der Waals surface area (Å²) in [4.78, 5) is 2.12. The molecule has 3 heteroatoms. The number of nitriles is 1. The van der Waals surface area contributed by atoms with Gasteiger partial charge in [0.05, 0.1) is 12.7 Å². The van der Waals surface area contributed by atoms with Crippen molar-refractivity contribution in [3.8, 4) is 6.07 Å². The second-order valence-corrected chi connectivity index (χ2v) is 2.69. The van der Waals surface area contributed by atoms with Crippen LogP contribution in [0.1, 0.15) is 13.3 Å². The Hall–Kier alpha value is -0.590. The van der Waals surface area contributed by atoms with Gasteiger partial charge in [0.25, 0.3) is 0 Å². The van der Waals surface area contributed by atoms with Crippen molar-refractivity contribution in [2.45, 2.75) is 19.4 Å². The molecule has 3 nitrogen and oxygen atoms in total. The third-order valence-electron chi connectivity index (χ3n) is 1.74. The van der Waals surface area contributed by atoms with Crippen LogP contribution in [0.4, 0.5) is 0 Å². The summed E-state index contributed by atoms with van der Waals surface area (Å²) in [5, 5.41) is 8.32. The Morgan fingerprint density at radius 1 is 1.64 bits per heavy atom. The Bertz CT molecular complexity index is 131. The molecule has 1 unspecified atom stereocenters. The number of nitrogens with zero attached hydrogens (tertiary/aromatic N) is 2. The number of hydrogen-bond acceptors (Lipinski definition) is 3. The van der Waals surface area contributed by atoms with Gasteiger partial charge < -0.3 is 9.64 Å². The van der Waals surface area contributed by atoms with Gasteiger partial charge in [0.2, 0.25) is 0 Å². The van der Waals surface area contributed by atoms with E-state index in [4.69, 9.17) is 10.00 Å². The van der Waals surface area contributed by atoms with Gasteiger partial charge >= 0.3 is 0 Å². The highest BCUT2D eigenvalue weighted by Crippen LogP contribution is 1.96. The molecule has 0 amide bonds. The predicted octanol–water partition coefficient (Wildman–Crippen LogP) is 0.867. The Morgan fingerprint density at radius 3 is 2.73 bits per heavy atom. The average molecular weight is 156 g/mol. The summed E-state index contributed by atoms with van der Waals surface area (Å²) in [6.45, 7) is 3.63. The lowest BCUT2D eigenvalue weighted by atomic mass is 10.3. The molecule has 0 radical (unpaired) electrons. The Balaban J connectivity index is 3.47. The van der Waals surface area contributed by atoms with E-state index in [9.17, 15) is 0 Å². The normalized spacial score (nSPS) is 13.0. The van der Waals surface area contributed by atoms with Gasteiger partial charge in [-0.05, 0) is 14.0 Å². The number of hydrogen-bond donors (Lipinski definition) is 0. The van der Waals surface area contributed by atoms with Crippen molar-refractivity contribution >= 4 is 0 Å². The summed E-state index contributed by atoms with van der Waals surface area (Å²) in [5.74, 6) is 0. The SMILES string of the molecule is COCC(C)N(C)CCC#N. The first-order chi connectivity index (χ1) is 5.22. The molecular formula is C8H16N2O. The molecule has 0 saturated carbocycles. The first kappa shape index (κ1) is 10.4. The summed E-state index contributed by atoms with van der Waals surface area (Å²) in [7, 11) is 3.69. The third kappa shape index (κ3) is 4.77. The van der Waals surface area contributed by atoms with E-state index in [1.807, 2.05) is 7.05 Å². The number of likely N-dealkylation sites (N-methyl/N-ethyl adjacent to an activating group) is 1. The lowest BCUT2D eigenvalue weighted by molar-refractivity contribution is 0.117. The Labute approximate surface area is 68.6 Å². The molecule has 0 bridgehead atoms. The van der Waals surface area contributed by atoms with Crippen LogP contribution in [0.3, 0.4) is 0 Å². The van der Waals surface area contributed by atoms with Gasteiger partial charge in [-0.3, -0.25) is 0 Å². The zero-order valence-corrected chi connectivity index (χ0v) is 7.50. The monoisotopic (exact) mass is 156 g/mol. The highest BCUT2D eigenvalue weighted by atomic mass is 16.5. The minimum atomic E-state index is 0.397. The van der Waals surface area contributed by atoms with Crippen molar-refractivity contribution in [1.29, 1.82) is 5.26 Å². The van der Waals surface area contributed by atoms with Gasteiger partial charge in [-0.15, -0.1) is 0 Å². The van der Waals surface area contributed by atoms with Gasteiger partial charge in [0, 0.05) is 26.1 Å². The molecule has 0 aliphatic heterocycles. The van der Waals surface area contributed by atoms with E-state index in [1.165, 1.54) is 0 Å². The van der Waals surface area contributed by atoms with Crippen molar-refractivity contribution < 1.29 is 4.74 Å². The third-order valence-corrected chi connectivity index (χ3v) is 1.74. The fourth-order valence-corrected chi connectivity index (χ4v) is 0.815. The van der Waals surface area contributed by atoms with E-state index < -0.39 is 0 Å².